The van der Waals surface area contributed by atoms with Crippen molar-refractivity contribution in [3.63, 3.8) is 0 Å². The van der Waals surface area contributed by atoms with Crippen molar-refractivity contribution in [1.82, 2.24) is 33.4 Å². The molecule has 0 radical (unpaired) electrons. The lowest BCUT2D eigenvalue weighted by atomic mass is 9.90. The molecule has 1 N–H and O–H groups in total. The zero-order valence-electron chi connectivity index (χ0n) is 23.5. The summed E-state index contributed by atoms with van der Waals surface area (Å²) in [6, 6.07) is 10.0. The summed E-state index contributed by atoms with van der Waals surface area (Å²) >= 11 is 0. The number of aliphatic hydroxyl groups is 1. The molecule has 5 rings (SSSR count). The molecule has 2 aromatic carbocycles. The van der Waals surface area contributed by atoms with Crippen LogP contribution >= 0.6 is 0 Å². The zero-order chi connectivity index (χ0) is 30.6. The summed E-state index contributed by atoms with van der Waals surface area (Å²) in [7, 11) is -3.91. The largest absolute Gasteiger partial charge is 0.383 e. The minimum absolute atomic E-state index is 0.136. The Bertz CT molecular complexity index is 1740. The van der Waals surface area contributed by atoms with Crippen LogP contribution in [0.2, 0.25) is 0 Å². The van der Waals surface area contributed by atoms with E-state index in [0.717, 1.165) is 30.7 Å². The molecular formula is C28H32F2N8O4S. The van der Waals surface area contributed by atoms with Crippen LogP contribution in [0.25, 0.3) is 5.69 Å². The number of anilines is 1. The van der Waals surface area contributed by atoms with E-state index in [-0.39, 0.29) is 30.8 Å². The van der Waals surface area contributed by atoms with Crippen molar-refractivity contribution >= 4 is 15.7 Å². The number of aromatic nitrogens is 6. The van der Waals surface area contributed by atoms with Crippen LogP contribution in [0.5, 0.6) is 0 Å². The minimum atomic E-state index is -3.91. The Kier molecular flexibility index (Phi) is 8.73. The van der Waals surface area contributed by atoms with Gasteiger partial charge in [0.05, 0.1) is 24.5 Å². The lowest BCUT2D eigenvalue weighted by Crippen LogP contribution is -2.41. The number of hydrogen-bond acceptors (Lipinski definition) is 8. The van der Waals surface area contributed by atoms with Crippen molar-refractivity contribution in [2.75, 3.05) is 23.7 Å². The smallest absolute Gasteiger partial charge is 0.350 e. The topological polar surface area (TPSA) is 131 Å². The third-order valence-corrected chi connectivity index (χ3v) is 9.08. The third-order valence-electron chi connectivity index (χ3n) is 7.34. The SMILES string of the molecule is CCCCn1ncn(-c2ccc(N3C=CN(S(=O)(=O)CCC(O)(Cn4cncn4)c4ccc(F)cc4F)CC3)cc2)c1=O. The molecule has 0 amide bonds. The Morgan fingerprint density at radius 3 is 2.42 bits per heavy atom. The number of unbranched alkanes of at least 4 members (excludes halogenated alkanes) is 1. The fourth-order valence-electron chi connectivity index (χ4n) is 4.90. The molecule has 2 aromatic heterocycles. The maximum Gasteiger partial charge on any atom is 0.350 e. The van der Waals surface area contributed by atoms with Crippen molar-refractivity contribution in [2.45, 2.75) is 44.9 Å². The highest BCUT2D eigenvalue weighted by atomic mass is 32.2. The van der Waals surface area contributed by atoms with E-state index in [1.54, 1.807) is 18.3 Å². The number of benzene rings is 2. The first kappa shape index (κ1) is 30.1. The van der Waals surface area contributed by atoms with Crippen molar-refractivity contribution in [1.29, 1.82) is 0 Å². The first-order valence-corrected chi connectivity index (χ1v) is 15.4. The van der Waals surface area contributed by atoms with E-state index in [4.69, 9.17) is 0 Å². The molecule has 15 heteroatoms. The van der Waals surface area contributed by atoms with Gasteiger partial charge in [-0.2, -0.15) is 10.2 Å². The highest BCUT2D eigenvalue weighted by molar-refractivity contribution is 7.89. The summed E-state index contributed by atoms with van der Waals surface area (Å²) in [6.07, 6.45) is 8.55. The highest BCUT2D eigenvalue weighted by Gasteiger charge is 2.36. The molecule has 1 atom stereocenters. The van der Waals surface area contributed by atoms with Gasteiger partial charge in [-0.1, -0.05) is 19.4 Å². The molecule has 0 spiro atoms. The first-order chi connectivity index (χ1) is 20.6. The van der Waals surface area contributed by atoms with E-state index < -0.39 is 33.0 Å². The summed E-state index contributed by atoms with van der Waals surface area (Å²) in [5.74, 6) is -2.31. The Morgan fingerprint density at radius 1 is 1.00 bits per heavy atom. The average Bonchev–Trinajstić information content (AvgIpc) is 3.64. The van der Waals surface area contributed by atoms with E-state index in [2.05, 4.69) is 15.2 Å². The van der Waals surface area contributed by atoms with Crippen LogP contribution in [-0.2, 0) is 28.7 Å². The fourth-order valence-corrected chi connectivity index (χ4v) is 6.33. The number of hydrogen-bond donors (Lipinski definition) is 1. The average molecular weight is 615 g/mol. The van der Waals surface area contributed by atoms with Crippen LogP contribution in [0, 0.1) is 11.6 Å². The summed E-state index contributed by atoms with van der Waals surface area (Å²) in [5.41, 5.74) is -0.982. The molecule has 12 nitrogen and oxygen atoms in total. The normalized spacial score (nSPS) is 15.2. The predicted molar refractivity (Wildman–Crippen MR) is 155 cm³/mol. The van der Waals surface area contributed by atoms with Crippen LogP contribution < -0.4 is 10.6 Å². The van der Waals surface area contributed by atoms with Gasteiger partial charge in [0.15, 0.2) is 0 Å². The number of halogens is 2. The molecule has 0 fully saturated rings. The Balaban J connectivity index is 1.26. The van der Waals surface area contributed by atoms with Gasteiger partial charge in [-0.3, -0.25) is 4.31 Å². The molecule has 0 bridgehead atoms. The molecule has 43 heavy (non-hydrogen) atoms. The molecule has 1 aliphatic rings. The summed E-state index contributed by atoms with van der Waals surface area (Å²) in [5, 5.41) is 19.6. The van der Waals surface area contributed by atoms with E-state index in [1.807, 2.05) is 24.0 Å². The van der Waals surface area contributed by atoms with Gasteiger partial charge in [-0.05, 0) is 43.2 Å². The summed E-state index contributed by atoms with van der Waals surface area (Å²) in [6.45, 7) is 2.81. The van der Waals surface area contributed by atoms with Gasteiger partial charge in [0, 0.05) is 42.8 Å². The lowest BCUT2D eigenvalue weighted by Gasteiger charge is -2.33. The predicted octanol–water partition coefficient (Wildman–Crippen LogP) is 2.60. The van der Waals surface area contributed by atoms with Crippen LogP contribution in [0.1, 0.15) is 31.7 Å². The van der Waals surface area contributed by atoms with Crippen LogP contribution in [0.3, 0.4) is 0 Å². The number of aryl methyl sites for hydroxylation is 1. The summed E-state index contributed by atoms with van der Waals surface area (Å²) < 4.78 is 60.1. The van der Waals surface area contributed by atoms with Crippen molar-refractivity contribution < 1.29 is 22.3 Å². The van der Waals surface area contributed by atoms with E-state index >= 15 is 0 Å². The molecule has 0 saturated heterocycles. The van der Waals surface area contributed by atoms with Gasteiger partial charge >= 0.3 is 5.69 Å². The van der Waals surface area contributed by atoms with Gasteiger partial charge in [0.25, 0.3) is 0 Å². The number of nitrogens with zero attached hydrogens (tertiary/aromatic N) is 8. The fraction of sp³-hybridized carbons (Fsp3) is 0.357. The third kappa shape index (κ3) is 6.67. The highest BCUT2D eigenvalue weighted by Crippen LogP contribution is 2.31. The van der Waals surface area contributed by atoms with Crippen LogP contribution in [0.4, 0.5) is 14.5 Å². The molecule has 1 unspecified atom stereocenters. The van der Waals surface area contributed by atoms with Gasteiger partial charge in [0.1, 0.15) is 36.2 Å². The molecule has 0 saturated carbocycles. The first-order valence-electron chi connectivity index (χ1n) is 13.8. The Morgan fingerprint density at radius 2 is 1.77 bits per heavy atom. The van der Waals surface area contributed by atoms with Gasteiger partial charge < -0.3 is 10.0 Å². The Labute approximate surface area is 247 Å². The monoisotopic (exact) mass is 614 g/mol. The Hall–Kier alpha value is -4.37. The quantitative estimate of drug-likeness (QED) is 0.258. The van der Waals surface area contributed by atoms with Crippen LogP contribution in [0.15, 0.2) is 78.6 Å². The van der Waals surface area contributed by atoms with Gasteiger partial charge in [-0.15, -0.1) is 0 Å². The number of rotatable bonds is 12. The molecule has 0 aliphatic carbocycles. The molecular weight excluding hydrogens is 582 g/mol. The van der Waals surface area contributed by atoms with E-state index in [1.165, 1.54) is 43.4 Å². The van der Waals surface area contributed by atoms with Crippen LogP contribution in [-0.4, -0.2) is 65.8 Å². The van der Waals surface area contributed by atoms with Crippen molar-refractivity contribution in [3.05, 3.63) is 102 Å². The van der Waals surface area contributed by atoms with Gasteiger partial charge in [-0.25, -0.2) is 40.9 Å². The van der Waals surface area contributed by atoms with Crippen molar-refractivity contribution in [3.8, 4) is 5.69 Å². The second-order valence-electron chi connectivity index (χ2n) is 10.3. The number of sulfonamides is 1. The zero-order valence-corrected chi connectivity index (χ0v) is 24.3. The van der Waals surface area contributed by atoms with Crippen molar-refractivity contribution in [2.24, 2.45) is 0 Å². The maximum atomic E-state index is 14.7. The maximum absolute atomic E-state index is 14.7. The molecule has 3 heterocycles. The van der Waals surface area contributed by atoms with Gasteiger partial charge in [0.2, 0.25) is 10.0 Å². The molecule has 1 aliphatic heterocycles. The molecule has 4 aromatic rings. The minimum Gasteiger partial charge on any atom is -0.383 e. The van der Waals surface area contributed by atoms with E-state index in [0.29, 0.717) is 24.8 Å². The lowest BCUT2D eigenvalue weighted by molar-refractivity contribution is 0.00813. The molecule has 228 valence electrons. The second-order valence-corrected chi connectivity index (χ2v) is 12.3. The van der Waals surface area contributed by atoms with E-state index in [9.17, 15) is 27.1 Å². The summed E-state index contributed by atoms with van der Waals surface area (Å²) in [4.78, 5) is 18.3. The standard InChI is InChI=1S/C28H32F2N8O4S/c1-2-3-11-38-27(39)37(21-33-38)24-7-5-23(6-8-24)34-12-14-36(15-13-34)43(41,42)16-10-28(40,18-35-20-31-19-32-35)25-9-4-22(29)17-26(25)30/h4-9,12,14,17,19-21,40H,2-3,10-11,13,15-16,18H2,1H3. The second kappa shape index (κ2) is 12.5.